The third kappa shape index (κ3) is 4.18. The predicted molar refractivity (Wildman–Crippen MR) is 62.8 cm³/mol. The molecule has 1 rings (SSSR count). The first-order valence-corrected chi connectivity index (χ1v) is 5.50. The van der Waals surface area contributed by atoms with Gasteiger partial charge in [0.25, 0.3) is 0 Å². The lowest BCUT2D eigenvalue weighted by molar-refractivity contribution is 0.346. The highest BCUT2D eigenvalue weighted by Crippen LogP contribution is 2.16. The Hall–Kier alpha value is -1.11. The summed E-state index contributed by atoms with van der Waals surface area (Å²) in [5.41, 5.74) is 1.01. The fraction of sp³-hybridized carbons (Fsp3) is 0.417. The van der Waals surface area contributed by atoms with E-state index in [9.17, 15) is 4.39 Å². The van der Waals surface area contributed by atoms with Crippen molar-refractivity contribution in [1.82, 2.24) is 4.90 Å². The van der Waals surface area contributed by atoms with Crippen LogP contribution in [0.25, 0.3) is 0 Å². The normalized spacial score (nSPS) is 10.4. The Bertz CT molecular complexity index is 387. The van der Waals surface area contributed by atoms with Gasteiger partial charge in [-0.25, -0.2) is 4.39 Å². The summed E-state index contributed by atoms with van der Waals surface area (Å²) in [7, 11) is 1.96. The maximum Gasteiger partial charge on any atom is 0.141 e. The zero-order chi connectivity index (χ0) is 12.0. The highest BCUT2D eigenvalue weighted by molar-refractivity contribution is 6.30. The van der Waals surface area contributed by atoms with Gasteiger partial charge < -0.3 is 4.90 Å². The molecule has 0 aromatic heterocycles. The first-order valence-electron chi connectivity index (χ1n) is 5.13. The number of hydrogen-bond acceptors (Lipinski definition) is 2. The van der Waals surface area contributed by atoms with Crippen LogP contribution in [0.1, 0.15) is 12.0 Å². The van der Waals surface area contributed by atoms with E-state index in [0.29, 0.717) is 6.42 Å². The smallest absolute Gasteiger partial charge is 0.141 e. The summed E-state index contributed by atoms with van der Waals surface area (Å²) in [6, 6.07) is 6.87. The van der Waals surface area contributed by atoms with Gasteiger partial charge in [0.15, 0.2) is 0 Å². The molecule has 0 fully saturated rings. The number of hydrogen-bond donors (Lipinski definition) is 0. The summed E-state index contributed by atoms with van der Waals surface area (Å²) in [6.07, 6.45) is 1.34. The van der Waals surface area contributed by atoms with Crippen LogP contribution in [0, 0.1) is 17.1 Å². The highest BCUT2D eigenvalue weighted by atomic mass is 35.5. The van der Waals surface area contributed by atoms with Crippen molar-refractivity contribution in [3.05, 3.63) is 34.6 Å². The average molecular weight is 241 g/mol. The van der Waals surface area contributed by atoms with E-state index in [2.05, 4.69) is 11.0 Å². The molecule has 16 heavy (non-hydrogen) atoms. The molecule has 0 amide bonds. The van der Waals surface area contributed by atoms with Gasteiger partial charge in [0.2, 0.25) is 0 Å². The number of nitrogens with zero attached hydrogens (tertiary/aromatic N) is 2. The van der Waals surface area contributed by atoms with Gasteiger partial charge in [-0.15, -0.1) is 0 Å². The van der Waals surface area contributed by atoms with Gasteiger partial charge in [-0.05, 0) is 31.2 Å². The van der Waals surface area contributed by atoms with E-state index in [1.807, 2.05) is 7.05 Å². The van der Waals surface area contributed by atoms with E-state index in [-0.39, 0.29) is 10.8 Å². The van der Waals surface area contributed by atoms with Gasteiger partial charge in [0.05, 0.1) is 11.1 Å². The Labute approximate surface area is 100 Å². The van der Waals surface area contributed by atoms with Gasteiger partial charge in [-0.2, -0.15) is 5.26 Å². The van der Waals surface area contributed by atoms with E-state index >= 15 is 0 Å². The second-order valence-corrected chi connectivity index (χ2v) is 4.12. The highest BCUT2D eigenvalue weighted by Gasteiger charge is 2.02. The van der Waals surface area contributed by atoms with Crippen LogP contribution < -0.4 is 0 Å². The van der Waals surface area contributed by atoms with Crippen molar-refractivity contribution in [3.8, 4) is 6.07 Å². The Morgan fingerprint density at radius 2 is 2.19 bits per heavy atom. The maximum atomic E-state index is 12.9. The van der Waals surface area contributed by atoms with Gasteiger partial charge >= 0.3 is 0 Å². The zero-order valence-electron chi connectivity index (χ0n) is 9.21. The molecular weight excluding hydrogens is 227 g/mol. The maximum absolute atomic E-state index is 12.9. The molecule has 0 aliphatic carbocycles. The van der Waals surface area contributed by atoms with Crippen LogP contribution in [-0.2, 0) is 6.42 Å². The van der Waals surface area contributed by atoms with Crippen LogP contribution in [0.2, 0.25) is 5.02 Å². The topological polar surface area (TPSA) is 27.0 Å². The largest absolute Gasteiger partial charge is 0.305 e. The number of rotatable bonds is 5. The number of likely N-dealkylation sites (N-methyl/N-ethyl adjacent to an activating group) is 1. The number of halogens is 2. The molecule has 0 saturated heterocycles. The minimum Gasteiger partial charge on any atom is -0.305 e. The SMILES string of the molecule is CN(CCC#N)CCc1ccc(F)c(Cl)c1. The summed E-state index contributed by atoms with van der Waals surface area (Å²) < 4.78 is 12.9. The molecule has 0 saturated carbocycles. The van der Waals surface area contributed by atoms with Crippen LogP contribution in [-0.4, -0.2) is 25.0 Å². The lowest BCUT2D eigenvalue weighted by Gasteiger charge is -2.14. The summed E-state index contributed by atoms with van der Waals surface area (Å²) in [6.45, 7) is 1.59. The molecule has 0 atom stereocenters. The molecule has 0 aliphatic heterocycles. The molecular formula is C12H14ClFN2. The predicted octanol–water partition coefficient (Wildman–Crippen LogP) is 2.87. The summed E-state index contributed by atoms with van der Waals surface area (Å²) >= 11 is 5.68. The van der Waals surface area contributed by atoms with E-state index in [0.717, 1.165) is 25.1 Å². The third-order valence-electron chi connectivity index (χ3n) is 2.37. The first kappa shape index (κ1) is 13.0. The Kier molecular flexibility index (Phi) is 5.24. The lowest BCUT2D eigenvalue weighted by Crippen LogP contribution is -2.22. The van der Waals surface area contributed by atoms with E-state index in [1.165, 1.54) is 6.07 Å². The van der Waals surface area contributed by atoms with Crippen molar-refractivity contribution >= 4 is 11.6 Å². The molecule has 0 spiro atoms. The monoisotopic (exact) mass is 240 g/mol. The lowest BCUT2D eigenvalue weighted by atomic mass is 10.1. The second kappa shape index (κ2) is 6.47. The van der Waals surface area contributed by atoms with Crippen molar-refractivity contribution in [3.63, 3.8) is 0 Å². The average Bonchev–Trinajstić information content (AvgIpc) is 2.28. The van der Waals surface area contributed by atoms with Gasteiger partial charge in [0.1, 0.15) is 5.82 Å². The fourth-order valence-electron chi connectivity index (χ4n) is 1.37. The molecule has 0 bridgehead atoms. The van der Waals surface area contributed by atoms with Gasteiger partial charge in [0, 0.05) is 19.5 Å². The summed E-state index contributed by atoms with van der Waals surface area (Å²) in [5, 5.41) is 8.60. The van der Waals surface area contributed by atoms with Crippen molar-refractivity contribution in [1.29, 1.82) is 5.26 Å². The Morgan fingerprint density at radius 3 is 2.81 bits per heavy atom. The van der Waals surface area contributed by atoms with Gasteiger partial charge in [-0.3, -0.25) is 0 Å². The van der Waals surface area contributed by atoms with Crippen molar-refractivity contribution in [2.24, 2.45) is 0 Å². The van der Waals surface area contributed by atoms with Gasteiger partial charge in [-0.1, -0.05) is 17.7 Å². The van der Waals surface area contributed by atoms with Crippen LogP contribution in [0.5, 0.6) is 0 Å². The number of nitriles is 1. The quantitative estimate of drug-likeness (QED) is 0.791. The molecule has 1 aromatic carbocycles. The molecule has 0 heterocycles. The van der Waals surface area contributed by atoms with Crippen LogP contribution >= 0.6 is 11.6 Å². The van der Waals surface area contributed by atoms with E-state index in [1.54, 1.807) is 12.1 Å². The van der Waals surface area contributed by atoms with Crippen LogP contribution in [0.4, 0.5) is 4.39 Å². The second-order valence-electron chi connectivity index (χ2n) is 3.71. The minimum atomic E-state index is -0.386. The molecule has 0 unspecified atom stereocenters. The first-order chi connectivity index (χ1) is 7.63. The fourth-order valence-corrected chi connectivity index (χ4v) is 1.57. The van der Waals surface area contributed by atoms with Crippen molar-refractivity contribution in [2.75, 3.05) is 20.1 Å². The summed E-state index contributed by atoms with van der Waals surface area (Å²) in [4.78, 5) is 2.07. The molecule has 4 heteroatoms. The molecule has 2 nitrogen and oxygen atoms in total. The van der Waals surface area contributed by atoms with Crippen LogP contribution in [0.15, 0.2) is 18.2 Å². The number of benzene rings is 1. The molecule has 86 valence electrons. The molecule has 0 aliphatic rings. The van der Waals surface area contributed by atoms with Crippen molar-refractivity contribution < 1.29 is 4.39 Å². The van der Waals surface area contributed by atoms with E-state index < -0.39 is 0 Å². The molecule has 0 radical (unpaired) electrons. The Balaban J connectivity index is 2.43. The third-order valence-corrected chi connectivity index (χ3v) is 2.66. The standard InChI is InChI=1S/C12H14ClFN2/c1-16(7-2-6-15)8-5-10-3-4-12(14)11(13)9-10/h3-4,9H,2,5,7-8H2,1H3. The van der Waals surface area contributed by atoms with E-state index in [4.69, 9.17) is 16.9 Å². The molecule has 1 aromatic rings. The van der Waals surface area contributed by atoms with Crippen molar-refractivity contribution in [2.45, 2.75) is 12.8 Å². The molecule has 0 N–H and O–H groups in total. The van der Waals surface area contributed by atoms with Crippen LogP contribution in [0.3, 0.4) is 0 Å². The Morgan fingerprint density at radius 1 is 1.44 bits per heavy atom. The minimum absolute atomic E-state index is 0.164. The zero-order valence-corrected chi connectivity index (χ0v) is 9.97. The summed E-state index contributed by atoms with van der Waals surface area (Å²) in [5.74, 6) is -0.386.